The molecule has 4 rings (SSSR count). The quantitative estimate of drug-likeness (QED) is 0.641. The largest absolute Gasteiger partial charge is 0.341 e. The second kappa shape index (κ2) is 7.26. The molecule has 1 amide bonds. The van der Waals surface area contributed by atoms with E-state index in [2.05, 4.69) is 30.9 Å². The zero-order valence-electron chi connectivity index (χ0n) is 15.3. The zero-order chi connectivity index (χ0) is 19.0. The Bertz CT molecular complexity index is 979. The number of carbonyl (C=O) groups is 1. The number of rotatable bonds is 3. The molecule has 0 saturated carbocycles. The van der Waals surface area contributed by atoms with Crippen molar-refractivity contribution in [1.82, 2.24) is 24.6 Å². The summed E-state index contributed by atoms with van der Waals surface area (Å²) >= 11 is 3.47. The molecule has 0 N–H and O–H groups in total. The Morgan fingerprint density at radius 1 is 1.26 bits per heavy atom. The highest BCUT2D eigenvalue weighted by Crippen LogP contribution is 2.23. The summed E-state index contributed by atoms with van der Waals surface area (Å²) in [5, 5.41) is 5.23. The number of carbonyl (C=O) groups excluding carboxylic acids is 1. The monoisotopic (exact) mass is 428 g/mol. The summed E-state index contributed by atoms with van der Waals surface area (Å²) in [7, 11) is 3.68. The second-order valence-corrected chi connectivity index (χ2v) is 7.80. The van der Waals surface area contributed by atoms with Gasteiger partial charge in [0.1, 0.15) is 5.69 Å². The van der Waals surface area contributed by atoms with E-state index >= 15 is 0 Å². The van der Waals surface area contributed by atoms with E-state index in [-0.39, 0.29) is 11.9 Å². The van der Waals surface area contributed by atoms with Gasteiger partial charge in [0.25, 0.3) is 5.91 Å². The molecule has 1 aliphatic rings. The van der Waals surface area contributed by atoms with Gasteiger partial charge in [0.05, 0.1) is 5.52 Å². The smallest absolute Gasteiger partial charge is 0.274 e. The third-order valence-corrected chi connectivity index (χ3v) is 5.57. The lowest BCUT2D eigenvalue weighted by Gasteiger charge is -2.36. The van der Waals surface area contributed by atoms with Crippen molar-refractivity contribution < 1.29 is 4.79 Å². The van der Waals surface area contributed by atoms with Gasteiger partial charge in [0.2, 0.25) is 5.95 Å². The maximum atomic E-state index is 12.6. The number of fused-ring (bicyclic) bond motifs is 1. The zero-order valence-corrected chi connectivity index (χ0v) is 16.9. The summed E-state index contributed by atoms with van der Waals surface area (Å²) in [5.41, 5.74) is 1.43. The number of halogens is 1. The van der Waals surface area contributed by atoms with Gasteiger partial charge in [-0.05, 0) is 37.1 Å². The Kier molecular flexibility index (Phi) is 4.82. The summed E-state index contributed by atoms with van der Waals surface area (Å²) in [4.78, 5) is 25.8. The fourth-order valence-electron chi connectivity index (χ4n) is 3.48. The van der Waals surface area contributed by atoms with E-state index in [4.69, 9.17) is 4.98 Å². The van der Waals surface area contributed by atoms with Crippen LogP contribution in [0.4, 0.5) is 5.95 Å². The molecule has 3 aromatic rings. The van der Waals surface area contributed by atoms with Crippen molar-refractivity contribution in [2.75, 3.05) is 25.0 Å². The molecule has 3 heterocycles. The van der Waals surface area contributed by atoms with Gasteiger partial charge in [-0.2, -0.15) is 5.10 Å². The van der Waals surface area contributed by atoms with Crippen molar-refractivity contribution in [1.29, 1.82) is 0 Å². The van der Waals surface area contributed by atoms with Crippen molar-refractivity contribution in [2.45, 2.75) is 18.9 Å². The molecule has 0 bridgehead atoms. The van der Waals surface area contributed by atoms with Gasteiger partial charge in [0, 0.05) is 55.5 Å². The molecule has 0 radical (unpaired) electrons. The molecule has 1 fully saturated rings. The van der Waals surface area contributed by atoms with Crippen LogP contribution in [-0.4, -0.2) is 56.7 Å². The van der Waals surface area contributed by atoms with Crippen LogP contribution in [0.3, 0.4) is 0 Å². The number of amides is 1. The number of benzene rings is 1. The maximum absolute atomic E-state index is 12.6. The first-order valence-corrected chi connectivity index (χ1v) is 9.74. The SMILES string of the molecule is CN(C(=O)c1ccn(C)n1)C1CCN(c2ncc3cc(Br)ccc3n2)CC1. The maximum Gasteiger partial charge on any atom is 0.274 e. The number of hydrogen-bond acceptors (Lipinski definition) is 5. The van der Waals surface area contributed by atoms with Gasteiger partial charge in [0.15, 0.2) is 0 Å². The van der Waals surface area contributed by atoms with E-state index < -0.39 is 0 Å². The predicted octanol–water partition coefficient (Wildman–Crippen LogP) is 2.87. The van der Waals surface area contributed by atoms with Gasteiger partial charge >= 0.3 is 0 Å². The van der Waals surface area contributed by atoms with Crippen molar-refractivity contribution >= 4 is 38.7 Å². The van der Waals surface area contributed by atoms with Crippen LogP contribution >= 0.6 is 15.9 Å². The fourth-order valence-corrected chi connectivity index (χ4v) is 3.85. The van der Waals surface area contributed by atoms with Gasteiger partial charge in [-0.15, -0.1) is 0 Å². The van der Waals surface area contributed by atoms with E-state index in [1.807, 2.05) is 43.4 Å². The lowest BCUT2D eigenvalue weighted by molar-refractivity contribution is 0.0702. The lowest BCUT2D eigenvalue weighted by atomic mass is 10.0. The number of aromatic nitrogens is 4. The molecule has 0 spiro atoms. The minimum Gasteiger partial charge on any atom is -0.341 e. The number of piperidine rings is 1. The van der Waals surface area contributed by atoms with Gasteiger partial charge in [-0.3, -0.25) is 9.48 Å². The van der Waals surface area contributed by atoms with E-state index in [9.17, 15) is 4.79 Å². The first-order valence-electron chi connectivity index (χ1n) is 8.95. The van der Waals surface area contributed by atoms with Crippen molar-refractivity contribution in [3.8, 4) is 0 Å². The summed E-state index contributed by atoms with van der Waals surface area (Å²) in [6, 6.07) is 7.96. The standard InChI is InChI=1S/C19H21BrN6O/c1-24-8-7-17(23-24)18(27)25(2)15-5-9-26(10-6-15)19-21-12-13-11-14(20)3-4-16(13)22-19/h3-4,7-8,11-12,15H,5-6,9-10H2,1-2H3. The molecule has 1 aromatic carbocycles. The van der Waals surface area contributed by atoms with Gasteiger partial charge < -0.3 is 9.80 Å². The molecule has 2 aromatic heterocycles. The topological polar surface area (TPSA) is 67.2 Å². The average molecular weight is 429 g/mol. The second-order valence-electron chi connectivity index (χ2n) is 6.88. The molecule has 0 unspecified atom stereocenters. The highest BCUT2D eigenvalue weighted by atomic mass is 79.9. The Labute approximate surface area is 166 Å². The molecule has 7 nitrogen and oxygen atoms in total. The number of anilines is 1. The lowest BCUT2D eigenvalue weighted by Crippen LogP contribution is -2.46. The van der Waals surface area contributed by atoms with Crippen LogP contribution in [0.15, 0.2) is 41.1 Å². The average Bonchev–Trinajstić information content (AvgIpc) is 3.13. The molecule has 0 aliphatic carbocycles. The molecule has 0 atom stereocenters. The molecule has 1 saturated heterocycles. The van der Waals surface area contributed by atoms with Crippen LogP contribution in [0.1, 0.15) is 23.3 Å². The van der Waals surface area contributed by atoms with Crippen LogP contribution in [0, 0.1) is 0 Å². The van der Waals surface area contributed by atoms with Gasteiger partial charge in [-0.1, -0.05) is 15.9 Å². The minimum atomic E-state index is -0.0263. The molecule has 140 valence electrons. The number of nitrogens with zero attached hydrogens (tertiary/aromatic N) is 6. The van der Waals surface area contributed by atoms with E-state index in [1.54, 1.807) is 16.9 Å². The summed E-state index contributed by atoms with van der Waals surface area (Å²) in [6.45, 7) is 1.65. The Balaban J connectivity index is 1.42. The molecular weight excluding hydrogens is 408 g/mol. The third kappa shape index (κ3) is 3.66. The number of aryl methyl sites for hydroxylation is 1. The molecule has 8 heteroatoms. The summed E-state index contributed by atoms with van der Waals surface area (Å²) in [5.74, 6) is 0.726. The van der Waals surface area contributed by atoms with E-state index in [1.165, 1.54) is 0 Å². The molecule has 27 heavy (non-hydrogen) atoms. The number of hydrogen-bond donors (Lipinski definition) is 0. The van der Waals surface area contributed by atoms with Crippen LogP contribution in [-0.2, 0) is 7.05 Å². The predicted molar refractivity (Wildman–Crippen MR) is 108 cm³/mol. The van der Waals surface area contributed by atoms with E-state index in [0.29, 0.717) is 5.69 Å². The minimum absolute atomic E-state index is 0.0263. The van der Waals surface area contributed by atoms with Crippen LogP contribution in [0.2, 0.25) is 0 Å². The highest BCUT2D eigenvalue weighted by molar-refractivity contribution is 9.10. The van der Waals surface area contributed by atoms with Crippen molar-refractivity contribution in [3.63, 3.8) is 0 Å². The molecule has 1 aliphatic heterocycles. The fraction of sp³-hybridized carbons (Fsp3) is 0.368. The van der Waals surface area contributed by atoms with E-state index in [0.717, 1.165) is 47.3 Å². The van der Waals surface area contributed by atoms with Gasteiger partial charge in [-0.25, -0.2) is 9.97 Å². The Morgan fingerprint density at radius 3 is 2.74 bits per heavy atom. The highest BCUT2D eigenvalue weighted by Gasteiger charge is 2.27. The first-order chi connectivity index (χ1) is 13.0. The normalized spacial score (nSPS) is 15.3. The Morgan fingerprint density at radius 2 is 2.04 bits per heavy atom. The van der Waals surface area contributed by atoms with Crippen molar-refractivity contribution in [3.05, 3.63) is 46.8 Å². The summed E-state index contributed by atoms with van der Waals surface area (Å²) in [6.07, 6.45) is 5.43. The Hall–Kier alpha value is -2.48. The first kappa shape index (κ1) is 17.9. The van der Waals surface area contributed by atoms with Crippen LogP contribution < -0.4 is 4.90 Å². The third-order valence-electron chi connectivity index (χ3n) is 5.08. The summed E-state index contributed by atoms with van der Waals surface area (Å²) < 4.78 is 2.67. The van der Waals surface area contributed by atoms with Crippen LogP contribution in [0.25, 0.3) is 10.9 Å². The molecular formula is C19H21BrN6O. The van der Waals surface area contributed by atoms with Crippen molar-refractivity contribution in [2.24, 2.45) is 7.05 Å². The van der Waals surface area contributed by atoms with Crippen LogP contribution in [0.5, 0.6) is 0 Å².